The lowest BCUT2D eigenvalue weighted by Gasteiger charge is -2.22. The third kappa shape index (κ3) is 5.80. The van der Waals surface area contributed by atoms with E-state index in [1.54, 1.807) is 23.1 Å². The van der Waals surface area contributed by atoms with Crippen molar-refractivity contribution in [1.82, 2.24) is 19.7 Å². The molecule has 0 aliphatic heterocycles. The van der Waals surface area contributed by atoms with E-state index in [1.165, 1.54) is 47.4 Å². The summed E-state index contributed by atoms with van der Waals surface area (Å²) in [6.45, 7) is 4.02. The number of hydrogen-bond donors (Lipinski definition) is 1. The van der Waals surface area contributed by atoms with Crippen molar-refractivity contribution in [3.05, 3.63) is 47.5 Å². The molecular weight excluding hydrogens is 463 g/mol. The van der Waals surface area contributed by atoms with Gasteiger partial charge in [0.25, 0.3) is 0 Å². The zero-order valence-electron chi connectivity index (χ0n) is 17.0. The smallest absolute Gasteiger partial charge is 0.239 e. The van der Waals surface area contributed by atoms with E-state index in [0.717, 1.165) is 10.6 Å². The SMILES string of the molecule is CCn1c(CN(c2ccc(F)cc2)S(C)(=O)=O)nnc1SC(C)C(=O)Nc1nccs1. The molecule has 0 spiro atoms. The first-order valence-electron chi connectivity index (χ1n) is 9.21. The van der Waals surface area contributed by atoms with Crippen molar-refractivity contribution in [3.8, 4) is 0 Å². The second-order valence-electron chi connectivity index (χ2n) is 6.48. The molecule has 0 saturated heterocycles. The predicted octanol–water partition coefficient (Wildman–Crippen LogP) is 2.98. The molecule has 1 N–H and O–H groups in total. The van der Waals surface area contributed by atoms with Crippen LogP contribution in [-0.4, -0.2) is 45.6 Å². The zero-order valence-corrected chi connectivity index (χ0v) is 19.5. The maximum Gasteiger partial charge on any atom is 0.239 e. The molecule has 0 radical (unpaired) electrons. The summed E-state index contributed by atoms with van der Waals surface area (Å²) in [5.41, 5.74) is 0.319. The first kappa shape index (κ1) is 23.2. The molecule has 9 nitrogen and oxygen atoms in total. The molecule has 1 atom stereocenters. The lowest BCUT2D eigenvalue weighted by molar-refractivity contribution is -0.115. The van der Waals surface area contributed by atoms with Crippen LogP contribution in [0.15, 0.2) is 41.0 Å². The molecule has 3 aromatic rings. The number of benzene rings is 1. The van der Waals surface area contributed by atoms with Crippen molar-refractivity contribution >= 4 is 49.8 Å². The second kappa shape index (κ2) is 9.75. The molecule has 0 fully saturated rings. The van der Waals surface area contributed by atoms with Crippen molar-refractivity contribution in [2.24, 2.45) is 0 Å². The number of thiazole rings is 1. The molecule has 31 heavy (non-hydrogen) atoms. The Morgan fingerprint density at radius 3 is 2.61 bits per heavy atom. The Kier molecular flexibility index (Phi) is 7.28. The van der Waals surface area contributed by atoms with Gasteiger partial charge in [-0.2, -0.15) is 0 Å². The van der Waals surface area contributed by atoms with Crippen LogP contribution in [0.4, 0.5) is 15.2 Å². The number of nitrogens with zero attached hydrogens (tertiary/aromatic N) is 5. The molecule has 2 aromatic heterocycles. The van der Waals surface area contributed by atoms with Gasteiger partial charge in [0.05, 0.1) is 23.7 Å². The molecular formula is C18H21FN6O3S3. The number of rotatable bonds is 9. The minimum absolute atomic E-state index is 0.0778. The van der Waals surface area contributed by atoms with E-state index in [1.807, 2.05) is 6.92 Å². The van der Waals surface area contributed by atoms with Crippen LogP contribution in [0.3, 0.4) is 0 Å². The molecule has 0 aliphatic rings. The maximum atomic E-state index is 13.3. The highest BCUT2D eigenvalue weighted by Crippen LogP contribution is 2.26. The first-order valence-corrected chi connectivity index (χ1v) is 12.8. The number of hydrogen-bond acceptors (Lipinski definition) is 8. The topological polar surface area (TPSA) is 110 Å². The molecule has 0 bridgehead atoms. The maximum absolute atomic E-state index is 13.3. The zero-order chi connectivity index (χ0) is 22.6. The van der Waals surface area contributed by atoms with Gasteiger partial charge in [0.1, 0.15) is 5.82 Å². The monoisotopic (exact) mass is 484 g/mol. The summed E-state index contributed by atoms with van der Waals surface area (Å²) in [7, 11) is -3.66. The van der Waals surface area contributed by atoms with Gasteiger partial charge >= 0.3 is 0 Å². The standard InChI is InChI=1S/C18H21FN6O3S3/c1-4-24-15(11-25(31(3,27)28)14-7-5-13(19)6-8-14)22-23-18(24)30-12(2)16(26)21-17-20-9-10-29-17/h5-10,12H,4,11H2,1-3H3,(H,20,21,26). The summed E-state index contributed by atoms with van der Waals surface area (Å²) in [5, 5.41) is 13.3. The Labute approximate surface area is 187 Å². The van der Waals surface area contributed by atoms with Gasteiger partial charge in [-0.15, -0.1) is 21.5 Å². The Morgan fingerprint density at radius 1 is 1.32 bits per heavy atom. The van der Waals surface area contributed by atoms with E-state index in [4.69, 9.17) is 0 Å². The van der Waals surface area contributed by atoms with Crippen LogP contribution < -0.4 is 9.62 Å². The van der Waals surface area contributed by atoms with Crippen molar-refractivity contribution in [1.29, 1.82) is 0 Å². The Morgan fingerprint density at radius 2 is 2.03 bits per heavy atom. The molecule has 0 aliphatic carbocycles. The van der Waals surface area contributed by atoms with Crippen LogP contribution in [0, 0.1) is 5.82 Å². The van der Waals surface area contributed by atoms with Crippen LogP contribution in [0.25, 0.3) is 0 Å². The van der Waals surface area contributed by atoms with Crippen molar-refractivity contribution in [3.63, 3.8) is 0 Å². The van der Waals surface area contributed by atoms with E-state index in [-0.39, 0.29) is 12.5 Å². The summed E-state index contributed by atoms with van der Waals surface area (Å²) in [6.07, 6.45) is 2.68. The number of thioether (sulfide) groups is 1. The fraction of sp³-hybridized carbons (Fsp3) is 0.333. The summed E-state index contributed by atoms with van der Waals surface area (Å²) in [4.78, 5) is 16.4. The highest BCUT2D eigenvalue weighted by atomic mass is 32.2. The normalized spacial score (nSPS) is 12.5. The number of amides is 1. The molecule has 1 amide bonds. The van der Waals surface area contributed by atoms with Crippen molar-refractivity contribution < 1.29 is 17.6 Å². The summed E-state index contributed by atoms with van der Waals surface area (Å²) >= 11 is 2.54. The largest absolute Gasteiger partial charge is 0.305 e. The van der Waals surface area contributed by atoms with Crippen LogP contribution in [0.1, 0.15) is 19.7 Å². The van der Waals surface area contributed by atoms with E-state index in [9.17, 15) is 17.6 Å². The Hall–Kier alpha value is -2.51. The van der Waals surface area contributed by atoms with Crippen molar-refractivity contribution in [2.75, 3.05) is 15.9 Å². The van der Waals surface area contributed by atoms with Gasteiger partial charge in [-0.25, -0.2) is 17.8 Å². The minimum Gasteiger partial charge on any atom is -0.305 e. The van der Waals surface area contributed by atoms with Gasteiger partial charge < -0.3 is 9.88 Å². The van der Waals surface area contributed by atoms with Gasteiger partial charge in [-0.3, -0.25) is 9.10 Å². The van der Waals surface area contributed by atoms with Crippen LogP contribution in [0.5, 0.6) is 0 Å². The Bertz CT molecular complexity index is 1130. The Balaban J connectivity index is 1.79. The molecule has 1 unspecified atom stereocenters. The average molecular weight is 485 g/mol. The van der Waals surface area contributed by atoms with Crippen LogP contribution >= 0.6 is 23.1 Å². The third-order valence-corrected chi connectivity index (χ3v) is 7.13. The van der Waals surface area contributed by atoms with E-state index < -0.39 is 21.1 Å². The van der Waals surface area contributed by atoms with Gasteiger partial charge in [0, 0.05) is 18.1 Å². The quantitative estimate of drug-likeness (QED) is 0.465. The fourth-order valence-corrected chi connectivity index (χ4v) is 5.00. The summed E-state index contributed by atoms with van der Waals surface area (Å²) < 4.78 is 40.9. The highest BCUT2D eigenvalue weighted by Gasteiger charge is 2.24. The van der Waals surface area contributed by atoms with E-state index in [2.05, 4.69) is 20.5 Å². The summed E-state index contributed by atoms with van der Waals surface area (Å²) in [5.74, 6) is -0.277. The first-order chi connectivity index (χ1) is 14.7. The van der Waals surface area contributed by atoms with Gasteiger partial charge in [0.2, 0.25) is 15.9 Å². The lowest BCUT2D eigenvalue weighted by Crippen LogP contribution is -2.30. The van der Waals surface area contributed by atoms with Crippen LogP contribution in [-0.2, 0) is 27.9 Å². The third-order valence-electron chi connectivity index (χ3n) is 4.22. The van der Waals surface area contributed by atoms with Crippen LogP contribution in [0.2, 0.25) is 0 Å². The average Bonchev–Trinajstić information content (AvgIpc) is 3.35. The fourth-order valence-electron chi connectivity index (χ4n) is 2.68. The minimum atomic E-state index is -3.66. The number of aromatic nitrogens is 4. The van der Waals surface area contributed by atoms with Gasteiger partial charge in [0.15, 0.2) is 16.1 Å². The van der Waals surface area contributed by atoms with Gasteiger partial charge in [-0.05, 0) is 38.1 Å². The number of nitrogens with one attached hydrogen (secondary N) is 1. The number of carbonyl (C=O) groups excluding carboxylic acids is 1. The second-order valence-corrected chi connectivity index (χ2v) is 10.6. The molecule has 3 rings (SSSR count). The highest BCUT2D eigenvalue weighted by molar-refractivity contribution is 8.00. The van der Waals surface area contributed by atoms with Crippen molar-refractivity contribution in [2.45, 2.75) is 37.3 Å². The van der Waals surface area contributed by atoms with Gasteiger partial charge in [-0.1, -0.05) is 11.8 Å². The number of anilines is 2. The summed E-state index contributed by atoms with van der Waals surface area (Å²) in [6, 6.07) is 5.18. The van der Waals surface area contributed by atoms with E-state index >= 15 is 0 Å². The molecule has 166 valence electrons. The number of sulfonamides is 1. The molecule has 13 heteroatoms. The molecule has 1 aromatic carbocycles. The molecule has 0 saturated carbocycles. The van der Waals surface area contributed by atoms with E-state index in [0.29, 0.717) is 28.3 Å². The molecule has 2 heterocycles. The number of carbonyl (C=O) groups is 1. The number of halogens is 1. The lowest BCUT2D eigenvalue weighted by atomic mass is 10.3. The predicted molar refractivity (Wildman–Crippen MR) is 119 cm³/mol.